The first-order valence-electron chi connectivity index (χ1n) is 6.60. The molecule has 1 N–H and O–H groups in total. The van der Waals surface area contributed by atoms with Crippen molar-refractivity contribution < 1.29 is 13.9 Å². The third-order valence-electron chi connectivity index (χ3n) is 3.34. The molecule has 6 heteroatoms. The van der Waals surface area contributed by atoms with Crippen LogP contribution in [0.15, 0.2) is 22.7 Å². The molecule has 0 spiro atoms. The van der Waals surface area contributed by atoms with E-state index >= 15 is 0 Å². The Kier molecular flexibility index (Phi) is 5.37. The van der Waals surface area contributed by atoms with Crippen LogP contribution in [0.4, 0.5) is 4.39 Å². The number of nitrogens with one attached hydrogen (secondary N) is 1. The Morgan fingerprint density at radius 3 is 2.90 bits per heavy atom. The minimum atomic E-state index is -0.390. The maximum absolute atomic E-state index is 13.1. The van der Waals surface area contributed by atoms with Gasteiger partial charge in [-0.1, -0.05) is 0 Å². The van der Waals surface area contributed by atoms with Crippen LogP contribution in [-0.2, 0) is 4.79 Å². The van der Waals surface area contributed by atoms with Crippen molar-refractivity contribution in [1.29, 1.82) is 0 Å². The summed E-state index contributed by atoms with van der Waals surface area (Å²) in [4.78, 5) is 14.0. The van der Waals surface area contributed by atoms with Crippen molar-refractivity contribution in [2.24, 2.45) is 0 Å². The zero-order valence-corrected chi connectivity index (χ0v) is 13.0. The number of rotatable bonds is 4. The zero-order valence-electron chi connectivity index (χ0n) is 11.4. The number of nitrogens with zero attached hydrogens (tertiary/aromatic N) is 1. The second kappa shape index (κ2) is 7.04. The number of benzene rings is 1. The highest BCUT2D eigenvalue weighted by Gasteiger charge is 2.18. The Morgan fingerprint density at radius 1 is 1.50 bits per heavy atom. The number of hydrogen-bond donors (Lipinski definition) is 1. The third-order valence-corrected chi connectivity index (χ3v) is 3.99. The first kappa shape index (κ1) is 15.3. The van der Waals surface area contributed by atoms with E-state index in [2.05, 4.69) is 33.2 Å². The van der Waals surface area contributed by atoms with Crippen LogP contribution in [0.3, 0.4) is 0 Å². The lowest BCUT2D eigenvalue weighted by Gasteiger charge is -2.29. The van der Waals surface area contributed by atoms with Crippen molar-refractivity contribution in [2.45, 2.75) is 18.9 Å². The van der Waals surface area contributed by atoms with Crippen LogP contribution in [0.2, 0.25) is 0 Å². The predicted molar refractivity (Wildman–Crippen MR) is 78.3 cm³/mol. The SMILES string of the molecule is CN1CCC(NC(=O)COc2cc(F)ccc2Br)CC1. The lowest BCUT2D eigenvalue weighted by atomic mass is 10.1. The van der Waals surface area contributed by atoms with Crippen molar-refractivity contribution in [1.82, 2.24) is 10.2 Å². The van der Waals surface area contributed by atoms with Gasteiger partial charge in [0.1, 0.15) is 11.6 Å². The van der Waals surface area contributed by atoms with E-state index in [9.17, 15) is 9.18 Å². The Bertz CT molecular complexity index is 476. The van der Waals surface area contributed by atoms with Gasteiger partial charge in [-0.15, -0.1) is 0 Å². The molecule has 20 heavy (non-hydrogen) atoms. The molecule has 1 aliphatic rings. The minimum absolute atomic E-state index is 0.103. The topological polar surface area (TPSA) is 41.6 Å². The van der Waals surface area contributed by atoms with Gasteiger partial charge in [-0.3, -0.25) is 4.79 Å². The molecule has 0 radical (unpaired) electrons. The van der Waals surface area contributed by atoms with E-state index in [1.54, 1.807) is 6.07 Å². The smallest absolute Gasteiger partial charge is 0.258 e. The lowest BCUT2D eigenvalue weighted by molar-refractivity contribution is -0.124. The minimum Gasteiger partial charge on any atom is -0.482 e. The van der Waals surface area contributed by atoms with Crippen LogP contribution in [0.1, 0.15) is 12.8 Å². The summed E-state index contributed by atoms with van der Waals surface area (Å²) in [6.45, 7) is 1.87. The molecular weight excluding hydrogens is 327 g/mol. The molecule has 0 saturated carbocycles. The van der Waals surface area contributed by atoms with Gasteiger partial charge >= 0.3 is 0 Å². The number of amides is 1. The van der Waals surface area contributed by atoms with Crippen molar-refractivity contribution in [3.8, 4) is 5.75 Å². The van der Waals surface area contributed by atoms with E-state index in [1.807, 2.05) is 0 Å². The van der Waals surface area contributed by atoms with Crippen molar-refractivity contribution in [3.05, 3.63) is 28.5 Å². The van der Waals surface area contributed by atoms with Crippen LogP contribution in [0, 0.1) is 5.82 Å². The Labute approximate surface area is 126 Å². The van der Waals surface area contributed by atoms with Crippen molar-refractivity contribution in [2.75, 3.05) is 26.7 Å². The maximum atomic E-state index is 13.1. The number of ether oxygens (including phenoxy) is 1. The Morgan fingerprint density at radius 2 is 2.20 bits per heavy atom. The number of likely N-dealkylation sites (tertiary alicyclic amines) is 1. The molecule has 0 aromatic heterocycles. The van der Waals surface area contributed by atoms with Gasteiger partial charge < -0.3 is 15.0 Å². The number of hydrogen-bond acceptors (Lipinski definition) is 3. The van der Waals surface area contributed by atoms with E-state index in [-0.39, 0.29) is 24.4 Å². The molecule has 4 nitrogen and oxygen atoms in total. The highest BCUT2D eigenvalue weighted by Crippen LogP contribution is 2.25. The Balaban J connectivity index is 1.79. The first-order chi connectivity index (χ1) is 9.54. The van der Waals surface area contributed by atoms with Gasteiger partial charge in [-0.25, -0.2) is 4.39 Å². The molecule has 2 rings (SSSR count). The fourth-order valence-corrected chi connectivity index (χ4v) is 2.51. The van der Waals surface area contributed by atoms with Gasteiger partial charge in [0.2, 0.25) is 0 Å². The number of piperidine rings is 1. The van der Waals surface area contributed by atoms with Crippen LogP contribution in [-0.4, -0.2) is 43.6 Å². The quantitative estimate of drug-likeness (QED) is 0.910. The summed E-state index contributed by atoms with van der Waals surface area (Å²) < 4.78 is 19.0. The summed E-state index contributed by atoms with van der Waals surface area (Å²) in [6, 6.07) is 4.35. The molecule has 1 heterocycles. The first-order valence-corrected chi connectivity index (χ1v) is 7.39. The normalized spacial score (nSPS) is 16.9. The summed E-state index contributed by atoms with van der Waals surface area (Å²) in [7, 11) is 2.07. The van der Waals surface area contributed by atoms with Crippen LogP contribution < -0.4 is 10.1 Å². The van der Waals surface area contributed by atoms with Gasteiger partial charge in [-0.2, -0.15) is 0 Å². The highest BCUT2D eigenvalue weighted by molar-refractivity contribution is 9.10. The van der Waals surface area contributed by atoms with E-state index < -0.39 is 0 Å². The summed E-state index contributed by atoms with van der Waals surface area (Å²) in [6.07, 6.45) is 1.90. The summed E-state index contributed by atoms with van der Waals surface area (Å²) in [5, 5.41) is 2.94. The number of halogens is 2. The summed E-state index contributed by atoms with van der Waals surface area (Å²) >= 11 is 3.26. The number of carbonyl (C=O) groups is 1. The highest BCUT2D eigenvalue weighted by atomic mass is 79.9. The van der Waals surface area contributed by atoms with E-state index in [1.165, 1.54) is 12.1 Å². The van der Waals surface area contributed by atoms with E-state index in [0.717, 1.165) is 25.9 Å². The van der Waals surface area contributed by atoms with Gasteiger partial charge in [-0.05, 0) is 61.0 Å². The van der Waals surface area contributed by atoms with E-state index in [0.29, 0.717) is 10.2 Å². The third kappa shape index (κ3) is 4.45. The van der Waals surface area contributed by atoms with Crippen LogP contribution in [0.5, 0.6) is 5.75 Å². The average molecular weight is 345 g/mol. The van der Waals surface area contributed by atoms with Gasteiger partial charge in [0.25, 0.3) is 5.91 Å². The lowest BCUT2D eigenvalue weighted by Crippen LogP contribution is -2.44. The molecular formula is C14H18BrFN2O2. The molecule has 0 unspecified atom stereocenters. The fourth-order valence-electron chi connectivity index (χ4n) is 2.15. The van der Waals surface area contributed by atoms with Gasteiger partial charge in [0.05, 0.1) is 4.47 Å². The maximum Gasteiger partial charge on any atom is 0.258 e. The predicted octanol–water partition coefficient (Wildman–Crippen LogP) is 2.18. The molecule has 1 amide bonds. The second-order valence-corrected chi connectivity index (χ2v) is 5.86. The molecule has 1 fully saturated rings. The van der Waals surface area contributed by atoms with Gasteiger partial charge in [0.15, 0.2) is 6.61 Å². The monoisotopic (exact) mass is 344 g/mol. The van der Waals surface area contributed by atoms with Crippen LogP contribution in [0.25, 0.3) is 0 Å². The molecule has 0 aliphatic carbocycles. The molecule has 1 aromatic carbocycles. The van der Waals surface area contributed by atoms with Crippen molar-refractivity contribution >= 4 is 21.8 Å². The second-order valence-electron chi connectivity index (χ2n) is 5.01. The molecule has 0 bridgehead atoms. The summed E-state index contributed by atoms with van der Waals surface area (Å²) in [5.74, 6) is -0.224. The standard InChI is InChI=1S/C14H18BrFN2O2/c1-18-6-4-11(5-7-18)17-14(19)9-20-13-8-10(16)2-3-12(13)15/h2-3,8,11H,4-7,9H2,1H3,(H,17,19). The summed E-state index contributed by atoms with van der Waals surface area (Å²) in [5.41, 5.74) is 0. The molecule has 1 aromatic rings. The van der Waals surface area contributed by atoms with Crippen molar-refractivity contribution in [3.63, 3.8) is 0 Å². The zero-order chi connectivity index (χ0) is 14.5. The molecule has 0 atom stereocenters. The molecule has 110 valence electrons. The molecule has 1 aliphatic heterocycles. The fraction of sp³-hybridized carbons (Fsp3) is 0.500. The van der Waals surface area contributed by atoms with Gasteiger partial charge in [0, 0.05) is 12.1 Å². The average Bonchev–Trinajstić information content (AvgIpc) is 2.42. The van der Waals surface area contributed by atoms with Crippen LogP contribution >= 0.6 is 15.9 Å². The Hall–Kier alpha value is -1.14. The number of carbonyl (C=O) groups excluding carboxylic acids is 1. The molecule has 1 saturated heterocycles. The van der Waals surface area contributed by atoms with E-state index in [4.69, 9.17) is 4.74 Å². The largest absolute Gasteiger partial charge is 0.482 e.